The number of likely N-dealkylation sites (tertiary alicyclic amines) is 1. The zero-order chi connectivity index (χ0) is 17.5. The summed E-state index contributed by atoms with van der Waals surface area (Å²) in [6.45, 7) is 8.88. The van der Waals surface area contributed by atoms with Gasteiger partial charge in [-0.05, 0) is 49.4 Å². The van der Waals surface area contributed by atoms with Crippen LogP contribution < -0.4 is 15.8 Å². The molecule has 0 aromatic heterocycles. The second kappa shape index (κ2) is 9.14. The first kappa shape index (κ1) is 18.9. The van der Waals surface area contributed by atoms with Crippen LogP contribution in [0.2, 0.25) is 5.02 Å². The molecule has 2 atom stereocenters. The molecule has 24 heavy (non-hydrogen) atoms. The van der Waals surface area contributed by atoms with Gasteiger partial charge in [0.25, 0.3) is 0 Å². The second-order valence-electron chi connectivity index (χ2n) is 6.80. The fraction of sp³-hybridized carbons (Fsp3) is 0.611. The Morgan fingerprint density at radius 3 is 2.71 bits per heavy atom. The highest BCUT2D eigenvalue weighted by Gasteiger charge is 2.20. The normalized spacial score (nSPS) is 22.4. The molecule has 0 saturated carbocycles. The Hall–Kier alpha value is -1.46. The SMILES string of the molecule is COc1ccc(NC(N)=NCCCN2CC(C)CC(C)C2)cc1Cl. The summed E-state index contributed by atoms with van der Waals surface area (Å²) in [4.78, 5) is 6.94. The highest BCUT2D eigenvalue weighted by atomic mass is 35.5. The Morgan fingerprint density at radius 2 is 2.08 bits per heavy atom. The number of piperidine rings is 1. The molecule has 1 aliphatic rings. The molecule has 0 aliphatic carbocycles. The molecule has 1 aliphatic heterocycles. The second-order valence-corrected chi connectivity index (χ2v) is 7.21. The van der Waals surface area contributed by atoms with Crippen LogP contribution >= 0.6 is 11.6 Å². The van der Waals surface area contributed by atoms with E-state index in [4.69, 9.17) is 22.1 Å². The molecule has 1 aromatic rings. The highest BCUT2D eigenvalue weighted by molar-refractivity contribution is 6.32. The van der Waals surface area contributed by atoms with E-state index in [1.165, 1.54) is 19.5 Å². The molecule has 0 amide bonds. The maximum absolute atomic E-state index is 6.10. The molecule has 134 valence electrons. The smallest absolute Gasteiger partial charge is 0.193 e. The Labute approximate surface area is 150 Å². The summed E-state index contributed by atoms with van der Waals surface area (Å²) >= 11 is 6.10. The van der Waals surface area contributed by atoms with E-state index in [-0.39, 0.29) is 0 Å². The summed E-state index contributed by atoms with van der Waals surface area (Å²) < 4.78 is 5.13. The molecule has 0 bridgehead atoms. The van der Waals surface area contributed by atoms with Gasteiger partial charge in [-0.25, -0.2) is 0 Å². The molecule has 1 fully saturated rings. The largest absolute Gasteiger partial charge is 0.495 e. The topological polar surface area (TPSA) is 62.9 Å². The monoisotopic (exact) mass is 352 g/mol. The first-order valence-corrected chi connectivity index (χ1v) is 8.98. The number of aliphatic imine (C=N–C) groups is 1. The predicted octanol–water partition coefficient (Wildman–Crippen LogP) is 3.44. The molecule has 1 heterocycles. The van der Waals surface area contributed by atoms with E-state index >= 15 is 0 Å². The van der Waals surface area contributed by atoms with Crippen molar-refractivity contribution < 1.29 is 4.74 Å². The summed E-state index contributed by atoms with van der Waals surface area (Å²) in [5.41, 5.74) is 6.75. The Morgan fingerprint density at radius 1 is 1.38 bits per heavy atom. The third-order valence-corrected chi connectivity index (χ3v) is 4.58. The van der Waals surface area contributed by atoms with Crippen molar-refractivity contribution in [2.24, 2.45) is 22.6 Å². The van der Waals surface area contributed by atoms with Gasteiger partial charge in [0.15, 0.2) is 5.96 Å². The van der Waals surface area contributed by atoms with E-state index in [1.54, 1.807) is 19.2 Å². The van der Waals surface area contributed by atoms with Gasteiger partial charge < -0.3 is 20.7 Å². The maximum atomic E-state index is 6.10. The number of hydrogen-bond acceptors (Lipinski definition) is 3. The van der Waals surface area contributed by atoms with Gasteiger partial charge in [-0.1, -0.05) is 25.4 Å². The summed E-state index contributed by atoms with van der Waals surface area (Å²) in [5.74, 6) is 2.65. The number of anilines is 1. The van der Waals surface area contributed by atoms with Crippen LogP contribution in [0.3, 0.4) is 0 Å². The minimum Gasteiger partial charge on any atom is -0.495 e. The fourth-order valence-electron chi connectivity index (χ4n) is 3.40. The lowest BCUT2D eigenvalue weighted by Crippen LogP contribution is -2.39. The fourth-order valence-corrected chi connectivity index (χ4v) is 3.66. The lowest BCUT2D eigenvalue weighted by Gasteiger charge is -2.34. The minimum absolute atomic E-state index is 0.414. The van der Waals surface area contributed by atoms with Gasteiger partial charge in [0, 0.05) is 25.3 Å². The van der Waals surface area contributed by atoms with E-state index in [9.17, 15) is 0 Å². The van der Waals surface area contributed by atoms with Crippen molar-refractivity contribution in [1.82, 2.24) is 4.90 Å². The van der Waals surface area contributed by atoms with Crippen LogP contribution in [0.4, 0.5) is 5.69 Å². The molecule has 6 heteroatoms. The van der Waals surface area contributed by atoms with Crippen LogP contribution in [-0.2, 0) is 0 Å². The number of methoxy groups -OCH3 is 1. The van der Waals surface area contributed by atoms with E-state index in [0.717, 1.165) is 37.0 Å². The minimum atomic E-state index is 0.414. The van der Waals surface area contributed by atoms with Crippen LogP contribution in [0, 0.1) is 11.8 Å². The third kappa shape index (κ3) is 5.87. The number of nitrogens with one attached hydrogen (secondary N) is 1. The zero-order valence-electron chi connectivity index (χ0n) is 14.9. The summed E-state index contributed by atoms with van der Waals surface area (Å²) in [6.07, 6.45) is 2.36. The number of hydrogen-bond donors (Lipinski definition) is 2. The molecule has 5 nitrogen and oxygen atoms in total. The lowest BCUT2D eigenvalue weighted by atomic mass is 9.92. The van der Waals surface area contributed by atoms with Gasteiger partial charge in [0.05, 0.1) is 12.1 Å². The standard InChI is InChI=1S/C18H29ClN4O/c1-13-9-14(2)12-23(11-13)8-4-7-21-18(20)22-15-5-6-17(24-3)16(19)10-15/h5-6,10,13-14H,4,7-9,11-12H2,1-3H3,(H3,20,21,22). The number of benzene rings is 1. The number of nitrogens with zero attached hydrogens (tertiary/aromatic N) is 2. The molecule has 0 spiro atoms. The third-order valence-electron chi connectivity index (χ3n) is 4.28. The zero-order valence-corrected chi connectivity index (χ0v) is 15.6. The summed E-state index contributed by atoms with van der Waals surface area (Å²) in [6, 6.07) is 5.44. The first-order valence-electron chi connectivity index (χ1n) is 8.60. The maximum Gasteiger partial charge on any atom is 0.193 e. The Kier molecular flexibility index (Phi) is 7.18. The van der Waals surface area contributed by atoms with E-state index in [0.29, 0.717) is 16.7 Å². The average Bonchev–Trinajstić information content (AvgIpc) is 2.51. The number of ether oxygens (including phenoxy) is 1. The highest BCUT2D eigenvalue weighted by Crippen LogP contribution is 2.27. The van der Waals surface area contributed by atoms with Gasteiger partial charge in [0.1, 0.15) is 5.75 Å². The van der Waals surface area contributed by atoms with Crippen molar-refractivity contribution in [3.05, 3.63) is 23.2 Å². The van der Waals surface area contributed by atoms with Crippen LogP contribution in [0.1, 0.15) is 26.7 Å². The van der Waals surface area contributed by atoms with Crippen LogP contribution in [0.5, 0.6) is 5.75 Å². The summed E-state index contributed by atoms with van der Waals surface area (Å²) in [5, 5.41) is 3.61. The Balaban J connectivity index is 1.74. The van der Waals surface area contributed by atoms with E-state index < -0.39 is 0 Å². The quantitative estimate of drug-likeness (QED) is 0.467. The molecule has 3 N–H and O–H groups in total. The van der Waals surface area contributed by atoms with Crippen molar-refractivity contribution in [3.63, 3.8) is 0 Å². The number of guanidine groups is 1. The van der Waals surface area contributed by atoms with Crippen LogP contribution in [0.15, 0.2) is 23.2 Å². The predicted molar refractivity (Wildman–Crippen MR) is 102 cm³/mol. The van der Waals surface area contributed by atoms with Crippen molar-refractivity contribution in [3.8, 4) is 5.75 Å². The van der Waals surface area contributed by atoms with Gasteiger partial charge in [-0.3, -0.25) is 4.99 Å². The van der Waals surface area contributed by atoms with Crippen molar-refractivity contribution in [2.45, 2.75) is 26.7 Å². The molecular formula is C18H29ClN4O. The number of halogens is 1. The van der Waals surface area contributed by atoms with Crippen molar-refractivity contribution in [2.75, 3.05) is 38.6 Å². The van der Waals surface area contributed by atoms with Gasteiger partial charge in [-0.2, -0.15) is 0 Å². The lowest BCUT2D eigenvalue weighted by molar-refractivity contribution is 0.140. The molecule has 0 radical (unpaired) electrons. The summed E-state index contributed by atoms with van der Waals surface area (Å²) in [7, 11) is 1.59. The number of nitrogens with two attached hydrogens (primary N) is 1. The van der Waals surface area contributed by atoms with Gasteiger partial charge in [0.2, 0.25) is 0 Å². The molecule has 1 saturated heterocycles. The van der Waals surface area contributed by atoms with Gasteiger partial charge in [-0.15, -0.1) is 0 Å². The molecule has 2 unspecified atom stereocenters. The molecular weight excluding hydrogens is 324 g/mol. The van der Waals surface area contributed by atoms with E-state index in [2.05, 4.69) is 29.1 Å². The van der Waals surface area contributed by atoms with Gasteiger partial charge >= 0.3 is 0 Å². The van der Waals surface area contributed by atoms with E-state index in [1.807, 2.05) is 6.07 Å². The van der Waals surface area contributed by atoms with Crippen molar-refractivity contribution >= 4 is 23.2 Å². The van der Waals surface area contributed by atoms with Crippen molar-refractivity contribution in [1.29, 1.82) is 0 Å². The molecule has 1 aromatic carbocycles. The first-order chi connectivity index (χ1) is 11.5. The molecule has 2 rings (SSSR count). The van der Waals surface area contributed by atoms with Crippen LogP contribution in [0.25, 0.3) is 0 Å². The van der Waals surface area contributed by atoms with Crippen LogP contribution in [-0.4, -0.2) is 44.1 Å². The number of rotatable bonds is 6. The Bertz CT molecular complexity index is 554. The average molecular weight is 353 g/mol.